The van der Waals surface area contributed by atoms with Crippen molar-refractivity contribution in [2.45, 2.75) is 12.8 Å². The third kappa shape index (κ3) is 5.44. The maximum absolute atomic E-state index is 11.8. The average molecular weight is 271 g/mol. The molecule has 0 aromatic heterocycles. The van der Waals surface area contributed by atoms with Crippen molar-refractivity contribution in [1.82, 2.24) is 5.32 Å². The molecular weight excluding hydrogens is 259 g/mol. The number of terminal acetylenes is 1. The van der Waals surface area contributed by atoms with Crippen LogP contribution in [0.5, 0.6) is 0 Å². The molecule has 0 saturated carbocycles. The topological polar surface area (TPSA) is 38.3 Å². The fraction of sp³-hybridized carbons (Fsp3) is 0.308. The lowest BCUT2D eigenvalue weighted by Crippen LogP contribution is -2.38. The van der Waals surface area contributed by atoms with Crippen molar-refractivity contribution in [3.63, 3.8) is 0 Å². The molecule has 1 aromatic rings. The van der Waals surface area contributed by atoms with Crippen LogP contribution in [0.1, 0.15) is 11.1 Å². The van der Waals surface area contributed by atoms with Crippen molar-refractivity contribution in [1.29, 1.82) is 0 Å². The first kappa shape index (κ1) is 15.1. The number of halogens is 3. The van der Waals surface area contributed by atoms with Gasteiger partial charge in [-0.05, 0) is 17.7 Å². The lowest BCUT2D eigenvalue weighted by Gasteiger charge is -2.08. The van der Waals surface area contributed by atoms with Gasteiger partial charge < -0.3 is 10.1 Å². The van der Waals surface area contributed by atoms with Gasteiger partial charge in [-0.15, -0.1) is 6.42 Å². The van der Waals surface area contributed by atoms with E-state index in [1.807, 2.05) is 0 Å². The summed E-state index contributed by atoms with van der Waals surface area (Å²) in [5.41, 5.74) is 1.59. The van der Waals surface area contributed by atoms with Crippen LogP contribution in [0.4, 0.5) is 13.2 Å². The molecule has 6 heteroatoms. The molecule has 0 saturated heterocycles. The molecule has 0 bridgehead atoms. The second-order valence-electron chi connectivity index (χ2n) is 3.65. The fourth-order valence-electron chi connectivity index (χ4n) is 1.22. The normalized spacial score (nSPS) is 10.8. The Hall–Kier alpha value is -2.00. The highest BCUT2D eigenvalue weighted by Crippen LogP contribution is 2.13. The maximum atomic E-state index is 11.8. The van der Waals surface area contributed by atoms with Gasteiger partial charge in [-0.25, -0.2) is 0 Å². The first-order valence-electron chi connectivity index (χ1n) is 5.42. The third-order valence-electron chi connectivity index (χ3n) is 2.18. The molecule has 0 fully saturated rings. The van der Waals surface area contributed by atoms with Crippen LogP contribution in [-0.2, 0) is 16.1 Å². The summed E-state index contributed by atoms with van der Waals surface area (Å²) in [6.45, 7) is 0.0478. The van der Waals surface area contributed by atoms with Crippen LogP contribution in [0, 0.1) is 12.3 Å². The molecule has 0 spiro atoms. The highest BCUT2D eigenvalue weighted by atomic mass is 19.4. The van der Waals surface area contributed by atoms with Crippen molar-refractivity contribution in [3.05, 3.63) is 35.4 Å². The SMILES string of the molecule is C#Cc1ccc(COCCNC(=O)C(F)(F)F)cc1. The Labute approximate surface area is 108 Å². The van der Waals surface area contributed by atoms with Gasteiger partial charge in [0.1, 0.15) is 0 Å². The molecule has 19 heavy (non-hydrogen) atoms. The summed E-state index contributed by atoms with van der Waals surface area (Å²) in [4.78, 5) is 10.5. The lowest BCUT2D eigenvalue weighted by atomic mass is 10.1. The van der Waals surface area contributed by atoms with E-state index >= 15 is 0 Å². The summed E-state index contributed by atoms with van der Waals surface area (Å²) < 4.78 is 40.6. The van der Waals surface area contributed by atoms with E-state index < -0.39 is 12.1 Å². The van der Waals surface area contributed by atoms with Crippen LogP contribution in [0.2, 0.25) is 0 Å². The van der Waals surface area contributed by atoms with Crippen molar-refractivity contribution < 1.29 is 22.7 Å². The van der Waals surface area contributed by atoms with Crippen molar-refractivity contribution in [2.24, 2.45) is 0 Å². The minimum atomic E-state index is -4.86. The van der Waals surface area contributed by atoms with Crippen LogP contribution >= 0.6 is 0 Å². The molecule has 0 aliphatic rings. The number of alkyl halides is 3. The van der Waals surface area contributed by atoms with Gasteiger partial charge in [0.05, 0.1) is 13.2 Å². The van der Waals surface area contributed by atoms with Gasteiger partial charge in [-0.2, -0.15) is 13.2 Å². The Bertz CT molecular complexity index is 460. The van der Waals surface area contributed by atoms with Crippen LogP contribution in [0.25, 0.3) is 0 Å². The Morgan fingerprint density at radius 1 is 1.32 bits per heavy atom. The van der Waals surface area contributed by atoms with Crippen LogP contribution in [0.15, 0.2) is 24.3 Å². The predicted molar refractivity (Wildman–Crippen MR) is 63.1 cm³/mol. The van der Waals surface area contributed by atoms with Gasteiger partial charge >= 0.3 is 12.1 Å². The Morgan fingerprint density at radius 3 is 2.47 bits per heavy atom. The summed E-state index contributed by atoms with van der Waals surface area (Å²) in [7, 11) is 0. The van der Waals surface area contributed by atoms with Gasteiger partial charge in [-0.3, -0.25) is 4.79 Å². The van der Waals surface area contributed by atoms with Gasteiger partial charge in [0.2, 0.25) is 0 Å². The second kappa shape index (κ2) is 6.81. The zero-order valence-electron chi connectivity index (χ0n) is 9.96. The number of hydrogen-bond donors (Lipinski definition) is 1. The molecule has 0 aliphatic carbocycles. The van der Waals surface area contributed by atoms with E-state index in [1.54, 1.807) is 29.6 Å². The molecule has 1 amide bonds. The summed E-state index contributed by atoms with van der Waals surface area (Å²) in [5.74, 6) is 0.499. The molecule has 102 valence electrons. The molecule has 0 atom stereocenters. The van der Waals surface area contributed by atoms with E-state index in [2.05, 4.69) is 5.92 Å². The summed E-state index contributed by atoms with van der Waals surface area (Å²) in [6.07, 6.45) is 0.334. The van der Waals surface area contributed by atoms with E-state index in [9.17, 15) is 18.0 Å². The molecule has 0 heterocycles. The number of nitrogens with one attached hydrogen (secondary N) is 1. The van der Waals surface area contributed by atoms with E-state index in [1.165, 1.54) is 0 Å². The van der Waals surface area contributed by atoms with E-state index in [0.29, 0.717) is 0 Å². The smallest absolute Gasteiger partial charge is 0.375 e. The van der Waals surface area contributed by atoms with E-state index in [4.69, 9.17) is 11.2 Å². The maximum Gasteiger partial charge on any atom is 0.471 e. The molecule has 0 unspecified atom stereocenters. The van der Waals surface area contributed by atoms with Crippen LogP contribution in [-0.4, -0.2) is 25.2 Å². The first-order chi connectivity index (χ1) is 8.93. The molecule has 3 nitrogen and oxygen atoms in total. The highest BCUT2D eigenvalue weighted by molar-refractivity contribution is 5.81. The molecule has 1 N–H and O–H groups in total. The number of ether oxygens (including phenoxy) is 1. The summed E-state index contributed by atoms with van der Waals surface area (Å²) in [6, 6.07) is 7.02. The second-order valence-corrected chi connectivity index (χ2v) is 3.65. The molecule has 1 rings (SSSR count). The number of benzene rings is 1. The average Bonchev–Trinajstić information content (AvgIpc) is 2.37. The largest absolute Gasteiger partial charge is 0.471 e. The first-order valence-corrected chi connectivity index (χ1v) is 5.42. The van der Waals surface area contributed by atoms with E-state index in [0.717, 1.165) is 11.1 Å². The number of hydrogen-bond acceptors (Lipinski definition) is 2. The standard InChI is InChI=1S/C13H12F3NO2/c1-2-10-3-5-11(6-4-10)9-19-8-7-17-12(18)13(14,15)16/h1,3-6H,7-9H2,(H,17,18). The van der Waals surface area contributed by atoms with Crippen molar-refractivity contribution >= 4 is 5.91 Å². The molecular formula is C13H12F3NO2. The number of amides is 1. The van der Waals surface area contributed by atoms with Gasteiger partial charge in [0.15, 0.2) is 0 Å². The van der Waals surface area contributed by atoms with Crippen LogP contribution < -0.4 is 5.32 Å². The molecule has 1 aromatic carbocycles. The van der Waals surface area contributed by atoms with Crippen molar-refractivity contribution in [2.75, 3.05) is 13.2 Å². The number of rotatable bonds is 5. The summed E-state index contributed by atoms with van der Waals surface area (Å²) in [5, 5.41) is 1.71. The zero-order valence-corrected chi connectivity index (χ0v) is 9.96. The fourth-order valence-corrected chi connectivity index (χ4v) is 1.22. The highest BCUT2D eigenvalue weighted by Gasteiger charge is 2.38. The van der Waals surface area contributed by atoms with Crippen molar-refractivity contribution in [3.8, 4) is 12.3 Å². The number of carbonyl (C=O) groups excluding carboxylic acids is 1. The van der Waals surface area contributed by atoms with E-state index in [-0.39, 0.29) is 19.8 Å². The minimum absolute atomic E-state index is 0.00128. The van der Waals surface area contributed by atoms with Gasteiger partial charge in [0.25, 0.3) is 0 Å². The Kier molecular flexibility index (Phi) is 5.39. The monoisotopic (exact) mass is 271 g/mol. The zero-order chi connectivity index (χ0) is 14.3. The lowest BCUT2D eigenvalue weighted by molar-refractivity contribution is -0.173. The predicted octanol–water partition coefficient (Wildman–Crippen LogP) is 1.86. The Morgan fingerprint density at radius 2 is 1.95 bits per heavy atom. The van der Waals surface area contributed by atoms with Gasteiger partial charge in [0, 0.05) is 12.1 Å². The minimum Gasteiger partial charge on any atom is -0.375 e. The van der Waals surface area contributed by atoms with Crippen LogP contribution in [0.3, 0.4) is 0 Å². The van der Waals surface area contributed by atoms with Gasteiger partial charge in [-0.1, -0.05) is 18.1 Å². The molecule has 0 radical (unpaired) electrons. The Balaban J connectivity index is 2.21. The number of carbonyl (C=O) groups is 1. The molecule has 0 aliphatic heterocycles. The quantitative estimate of drug-likeness (QED) is 0.656. The summed E-state index contributed by atoms with van der Waals surface area (Å²) >= 11 is 0. The third-order valence-corrected chi connectivity index (χ3v) is 2.18.